The lowest BCUT2D eigenvalue weighted by molar-refractivity contribution is -0.125. The van der Waals surface area contributed by atoms with E-state index in [9.17, 15) is 4.79 Å². The van der Waals surface area contributed by atoms with E-state index in [0.717, 1.165) is 12.8 Å². The van der Waals surface area contributed by atoms with Gasteiger partial charge in [0.05, 0.1) is 0 Å². The Balaban J connectivity index is 2.29. The molecular weight excluding hydrogens is 212 g/mol. The third kappa shape index (κ3) is 5.53. The first-order valence-corrected chi connectivity index (χ1v) is 7.14. The molecule has 3 heteroatoms. The van der Waals surface area contributed by atoms with Crippen LogP contribution in [0.25, 0.3) is 0 Å². The first-order chi connectivity index (χ1) is 8.11. The lowest BCUT2D eigenvalue weighted by atomic mass is 9.90. The van der Waals surface area contributed by atoms with Gasteiger partial charge < -0.3 is 11.1 Å². The van der Waals surface area contributed by atoms with Crippen LogP contribution in [-0.4, -0.2) is 18.5 Å². The van der Waals surface area contributed by atoms with Crippen molar-refractivity contribution in [1.82, 2.24) is 5.32 Å². The first-order valence-electron chi connectivity index (χ1n) is 7.14. The zero-order valence-corrected chi connectivity index (χ0v) is 11.4. The zero-order chi connectivity index (χ0) is 12.7. The van der Waals surface area contributed by atoms with E-state index < -0.39 is 0 Å². The van der Waals surface area contributed by atoms with E-state index in [4.69, 9.17) is 5.73 Å². The highest BCUT2D eigenvalue weighted by Gasteiger charge is 2.19. The van der Waals surface area contributed by atoms with Gasteiger partial charge in [-0.1, -0.05) is 46.0 Å². The molecule has 0 bridgehead atoms. The van der Waals surface area contributed by atoms with Crippen molar-refractivity contribution in [3.8, 4) is 0 Å². The van der Waals surface area contributed by atoms with Crippen LogP contribution >= 0.6 is 0 Å². The van der Waals surface area contributed by atoms with E-state index in [0.29, 0.717) is 12.5 Å². The number of nitrogens with one attached hydrogen (secondary N) is 1. The summed E-state index contributed by atoms with van der Waals surface area (Å²) < 4.78 is 0. The minimum atomic E-state index is 0.0764. The zero-order valence-electron chi connectivity index (χ0n) is 11.4. The van der Waals surface area contributed by atoms with Gasteiger partial charge in [0.15, 0.2) is 0 Å². The van der Waals surface area contributed by atoms with Crippen LogP contribution in [0.15, 0.2) is 0 Å². The van der Waals surface area contributed by atoms with E-state index in [1.165, 1.54) is 32.1 Å². The molecule has 0 heterocycles. The summed E-state index contributed by atoms with van der Waals surface area (Å²) in [4.78, 5) is 12.0. The van der Waals surface area contributed by atoms with E-state index in [2.05, 4.69) is 19.2 Å². The number of carbonyl (C=O) groups excluding carboxylic acids is 1. The molecule has 1 fully saturated rings. The quantitative estimate of drug-likeness (QED) is 0.793. The van der Waals surface area contributed by atoms with Crippen molar-refractivity contribution in [2.24, 2.45) is 17.6 Å². The number of rotatable bonds is 4. The summed E-state index contributed by atoms with van der Waals surface area (Å²) in [7, 11) is 0. The number of nitrogens with two attached hydrogens (primary N) is 1. The molecule has 0 aromatic carbocycles. The maximum Gasteiger partial charge on any atom is 0.223 e. The fourth-order valence-corrected chi connectivity index (χ4v) is 2.32. The highest BCUT2D eigenvalue weighted by atomic mass is 16.1. The van der Waals surface area contributed by atoms with Gasteiger partial charge in [-0.2, -0.15) is 0 Å². The molecule has 100 valence electrons. The number of carbonyl (C=O) groups is 1. The summed E-state index contributed by atoms with van der Waals surface area (Å²) in [5.74, 6) is 0.880. The van der Waals surface area contributed by atoms with E-state index in [1.54, 1.807) is 0 Å². The van der Waals surface area contributed by atoms with E-state index in [-0.39, 0.29) is 17.9 Å². The van der Waals surface area contributed by atoms with Gasteiger partial charge in [0.2, 0.25) is 5.91 Å². The van der Waals surface area contributed by atoms with Gasteiger partial charge in [-0.3, -0.25) is 4.79 Å². The average molecular weight is 240 g/mol. The molecule has 1 saturated carbocycles. The van der Waals surface area contributed by atoms with Crippen molar-refractivity contribution in [2.75, 3.05) is 6.54 Å². The fraction of sp³-hybridized carbons (Fsp3) is 0.929. The van der Waals surface area contributed by atoms with Crippen LogP contribution in [0.5, 0.6) is 0 Å². The molecule has 3 nitrogen and oxygen atoms in total. The molecule has 1 aliphatic carbocycles. The molecule has 3 N–H and O–H groups in total. The summed E-state index contributed by atoms with van der Waals surface area (Å²) in [5, 5.41) is 3.02. The monoisotopic (exact) mass is 240 g/mol. The molecule has 17 heavy (non-hydrogen) atoms. The molecule has 0 aromatic heterocycles. The van der Waals surface area contributed by atoms with Crippen LogP contribution < -0.4 is 11.1 Å². The number of hydrogen-bond acceptors (Lipinski definition) is 2. The highest BCUT2D eigenvalue weighted by molar-refractivity contribution is 5.78. The van der Waals surface area contributed by atoms with Gasteiger partial charge in [0.1, 0.15) is 0 Å². The van der Waals surface area contributed by atoms with Crippen LogP contribution in [-0.2, 0) is 4.79 Å². The normalized spacial score (nSPS) is 20.7. The van der Waals surface area contributed by atoms with Crippen LogP contribution in [0.2, 0.25) is 0 Å². The Morgan fingerprint density at radius 2 is 1.71 bits per heavy atom. The Labute approximate surface area is 106 Å². The molecule has 0 saturated heterocycles. The fourth-order valence-electron chi connectivity index (χ4n) is 2.32. The number of amides is 1. The lowest BCUT2D eigenvalue weighted by Crippen LogP contribution is -2.42. The third-order valence-electron chi connectivity index (χ3n) is 3.84. The minimum Gasteiger partial charge on any atom is -0.354 e. The number of hydrogen-bond donors (Lipinski definition) is 2. The second-order valence-corrected chi connectivity index (χ2v) is 5.70. The van der Waals surface area contributed by atoms with Crippen LogP contribution in [0.3, 0.4) is 0 Å². The standard InChI is InChI=1S/C14H28N2O/c1-11(2)13(15)10-16-14(17)12-8-6-4-3-5-7-9-12/h11-13H,3-10,15H2,1-2H3,(H,16,17). The Morgan fingerprint density at radius 1 is 1.18 bits per heavy atom. The SMILES string of the molecule is CC(C)C(N)CNC(=O)C1CCCCCCC1. The van der Waals surface area contributed by atoms with Crippen LogP contribution in [0.4, 0.5) is 0 Å². The van der Waals surface area contributed by atoms with Gasteiger partial charge >= 0.3 is 0 Å². The lowest BCUT2D eigenvalue weighted by Gasteiger charge is -2.21. The molecule has 1 unspecified atom stereocenters. The third-order valence-corrected chi connectivity index (χ3v) is 3.84. The summed E-state index contributed by atoms with van der Waals surface area (Å²) in [5.41, 5.74) is 5.94. The van der Waals surface area contributed by atoms with E-state index in [1.807, 2.05) is 0 Å². The largest absolute Gasteiger partial charge is 0.354 e. The molecule has 0 aromatic rings. The molecule has 1 atom stereocenters. The van der Waals surface area contributed by atoms with Crippen LogP contribution in [0, 0.1) is 11.8 Å². The topological polar surface area (TPSA) is 55.1 Å². The van der Waals surface area contributed by atoms with Gasteiger partial charge in [-0.25, -0.2) is 0 Å². The summed E-state index contributed by atoms with van der Waals surface area (Å²) >= 11 is 0. The van der Waals surface area contributed by atoms with Gasteiger partial charge in [-0.15, -0.1) is 0 Å². The Kier molecular flexibility index (Phi) is 6.56. The molecular formula is C14H28N2O. The summed E-state index contributed by atoms with van der Waals surface area (Å²) in [6.45, 7) is 4.80. The molecule has 0 aliphatic heterocycles. The minimum absolute atomic E-state index is 0.0764. The second kappa shape index (κ2) is 7.70. The Morgan fingerprint density at radius 3 is 2.24 bits per heavy atom. The van der Waals surface area contributed by atoms with E-state index >= 15 is 0 Å². The smallest absolute Gasteiger partial charge is 0.223 e. The van der Waals surface area contributed by atoms with Crippen molar-refractivity contribution in [3.63, 3.8) is 0 Å². The van der Waals surface area contributed by atoms with Crippen molar-refractivity contribution in [1.29, 1.82) is 0 Å². The highest BCUT2D eigenvalue weighted by Crippen LogP contribution is 2.22. The molecule has 1 rings (SSSR count). The van der Waals surface area contributed by atoms with Crippen molar-refractivity contribution in [2.45, 2.75) is 64.8 Å². The predicted molar refractivity (Wildman–Crippen MR) is 71.6 cm³/mol. The van der Waals surface area contributed by atoms with Gasteiger partial charge in [0.25, 0.3) is 0 Å². The molecule has 0 radical (unpaired) electrons. The summed E-state index contributed by atoms with van der Waals surface area (Å²) in [6, 6.07) is 0.0764. The average Bonchev–Trinajstić information content (AvgIpc) is 2.24. The van der Waals surface area contributed by atoms with Crippen molar-refractivity contribution < 1.29 is 4.79 Å². The maximum absolute atomic E-state index is 12.0. The van der Waals surface area contributed by atoms with Crippen molar-refractivity contribution in [3.05, 3.63) is 0 Å². The molecule has 1 aliphatic rings. The molecule has 0 spiro atoms. The maximum atomic E-state index is 12.0. The Hall–Kier alpha value is -0.570. The van der Waals surface area contributed by atoms with Gasteiger partial charge in [-0.05, 0) is 18.8 Å². The predicted octanol–water partition coefficient (Wildman–Crippen LogP) is 2.45. The second-order valence-electron chi connectivity index (χ2n) is 5.70. The van der Waals surface area contributed by atoms with Gasteiger partial charge in [0, 0.05) is 18.5 Å². The molecule has 1 amide bonds. The first kappa shape index (κ1) is 14.5. The van der Waals surface area contributed by atoms with Crippen LogP contribution in [0.1, 0.15) is 58.8 Å². The Bertz CT molecular complexity index is 220. The summed E-state index contributed by atoms with van der Waals surface area (Å²) in [6.07, 6.45) is 8.44. The van der Waals surface area contributed by atoms with Crippen molar-refractivity contribution >= 4 is 5.91 Å².